The SMILES string of the molecule is CC(C)C[C@H](CO)N(CC=Cc1cccnc1)S(=O)(=O)c1ccc(Cl)cc1. The van der Waals surface area contributed by atoms with Crippen LogP contribution in [0.4, 0.5) is 0 Å². The zero-order valence-corrected chi connectivity index (χ0v) is 17.1. The molecule has 0 unspecified atom stereocenters. The molecule has 0 aliphatic carbocycles. The lowest BCUT2D eigenvalue weighted by atomic mass is 10.0. The summed E-state index contributed by atoms with van der Waals surface area (Å²) in [5.74, 6) is 0.243. The maximum absolute atomic E-state index is 13.2. The summed E-state index contributed by atoms with van der Waals surface area (Å²) in [5.41, 5.74) is 0.880. The number of sulfonamides is 1. The van der Waals surface area contributed by atoms with Crippen LogP contribution in [0.1, 0.15) is 25.8 Å². The summed E-state index contributed by atoms with van der Waals surface area (Å²) in [6.07, 6.45) is 7.53. The number of nitrogens with zero attached hydrogens (tertiary/aromatic N) is 2. The molecule has 0 saturated heterocycles. The van der Waals surface area contributed by atoms with E-state index in [-0.39, 0.29) is 24.0 Å². The monoisotopic (exact) mass is 408 g/mol. The number of aliphatic hydroxyl groups excluding tert-OH is 1. The third kappa shape index (κ3) is 6.14. The van der Waals surface area contributed by atoms with Gasteiger partial charge >= 0.3 is 0 Å². The second kappa shape index (κ2) is 9.99. The standard InChI is InChI=1S/C20H25ClN2O3S/c1-16(2)13-19(15-24)23(12-4-6-17-5-3-11-22-14-17)27(25,26)20-9-7-18(21)8-10-20/h3-11,14,16,19,24H,12-13,15H2,1-2H3/t19-/m1/s1. The van der Waals surface area contributed by atoms with Crippen LogP contribution in [-0.2, 0) is 10.0 Å². The van der Waals surface area contributed by atoms with E-state index in [1.807, 2.05) is 32.1 Å². The van der Waals surface area contributed by atoms with Crippen LogP contribution in [-0.4, -0.2) is 42.0 Å². The molecule has 0 saturated carbocycles. The average molecular weight is 409 g/mol. The Kier molecular flexibility index (Phi) is 7.98. The molecule has 2 aromatic rings. The molecule has 5 nitrogen and oxygen atoms in total. The van der Waals surface area contributed by atoms with Crippen molar-refractivity contribution in [2.75, 3.05) is 13.2 Å². The Morgan fingerprint density at radius 2 is 1.93 bits per heavy atom. The van der Waals surface area contributed by atoms with Gasteiger partial charge in [-0.1, -0.05) is 43.7 Å². The van der Waals surface area contributed by atoms with Crippen molar-refractivity contribution in [1.82, 2.24) is 9.29 Å². The number of halogens is 1. The topological polar surface area (TPSA) is 70.5 Å². The summed E-state index contributed by atoms with van der Waals surface area (Å²) in [6.45, 7) is 3.91. The first-order chi connectivity index (χ1) is 12.8. The van der Waals surface area contributed by atoms with Crippen molar-refractivity contribution in [3.63, 3.8) is 0 Å². The van der Waals surface area contributed by atoms with Gasteiger partial charge in [0, 0.05) is 30.0 Å². The van der Waals surface area contributed by atoms with Gasteiger partial charge in [-0.25, -0.2) is 8.42 Å². The molecule has 0 spiro atoms. The first-order valence-corrected chi connectivity index (χ1v) is 10.6. The molecule has 1 heterocycles. The highest BCUT2D eigenvalue weighted by Crippen LogP contribution is 2.23. The van der Waals surface area contributed by atoms with E-state index in [4.69, 9.17) is 11.6 Å². The Morgan fingerprint density at radius 3 is 2.48 bits per heavy atom. The first-order valence-electron chi connectivity index (χ1n) is 8.79. The van der Waals surface area contributed by atoms with Crippen LogP contribution in [0.25, 0.3) is 6.08 Å². The number of rotatable bonds is 9. The summed E-state index contributed by atoms with van der Waals surface area (Å²) >= 11 is 5.89. The van der Waals surface area contributed by atoms with Gasteiger partial charge in [0.05, 0.1) is 11.5 Å². The fourth-order valence-electron chi connectivity index (χ4n) is 2.78. The van der Waals surface area contributed by atoms with E-state index in [2.05, 4.69) is 4.98 Å². The molecular weight excluding hydrogens is 384 g/mol. The van der Waals surface area contributed by atoms with E-state index in [9.17, 15) is 13.5 Å². The smallest absolute Gasteiger partial charge is 0.243 e. The van der Waals surface area contributed by atoms with Crippen molar-refractivity contribution in [2.45, 2.75) is 31.2 Å². The molecule has 0 amide bonds. The van der Waals surface area contributed by atoms with Gasteiger partial charge < -0.3 is 5.11 Å². The van der Waals surface area contributed by atoms with Crippen molar-refractivity contribution in [3.8, 4) is 0 Å². The molecule has 2 rings (SSSR count). The highest BCUT2D eigenvalue weighted by Gasteiger charge is 2.30. The van der Waals surface area contributed by atoms with Crippen LogP contribution in [0, 0.1) is 5.92 Å². The fourth-order valence-corrected chi connectivity index (χ4v) is 4.48. The number of aromatic nitrogens is 1. The molecule has 1 N–H and O–H groups in total. The zero-order chi connectivity index (χ0) is 19.9. The molecule has 0 aliphatic heterocycles. The van der Waals surface area contributed by atoms with Crippen LogP contribution < -0.4 is 0 Å². The Bertz CT molecular complexity index is 837. The van der Waals surface area contributed by atoms with Crippen molar-refractivity contribution >= 4 is 27.7 Å². The van der Waals surface area contributed by atoms with E-state index in [1.54, 1.807) is 30.6 Å². The average Bonchev–Trinajstić information content (AvgIpc) is 2.64. The Hall–Kier alpha value is -1.73. The first kappa shape index (κ1) is 21.6. The van der Waals surface area contributed by atoms with Crippen LogP contribution in [0.3, 0.4) is 0 Å². The van der Waals surface area contributed by atoms with E-state index in [0.29, 0.717) is 11.4 Å². The van der Waals surface area contributed by atoms with Gasteiger partial charge in [0.2, 0.25) is 10.0 Å². The van der Waals surface area contributed by atoms with E-state index in [1.165, 1.54) is 16.4 Å². The molecule has 7 heteroatoms. The summed E-state index contributed by atoms with van der Waals surface area (Å²) in [4.78, 5) is 4.20. The van der Waals surface area contributed by atoms with E-state index >= 15 is 0 Å². The molecule has 1 aromatic heterocycles. The number of aliphatic hydroxyl groups is 1. The van der Waals surface area contributed by atoms with E-state index < -0.39 is 16.1 Å². The number of hydrogen-bond donors (Lipinski definition) is 1. The predicted molar refractivity (Wildman–Crippen MR) is 109 cm³/mol. The second-order valence-corrected chi connectivity index (χ2v) is 9.01. The van der Waals surface area contributed by atoms with Gasteiger partial charge in [0.1, 0.15) is 0 Å². The Morgan fingerprint density at radius 1 is 1.22 bits per heavy atom. The second-order valence-electron chi connectivity index (χ2n) is 6.68. The molecule has 0 aliphatic rings. The maximum atomic E-state index is 13.2. The highest BCUT2D eigenvalue weighted by atomic mass is 35.5. The number of benzene rings is 1. The highest BCUT2D eigenvalue weighted by molar-refractivity contribution is 7.89. The normalized spacial score (nSPS) is 13.6. The quantitative estimate of drug-likeness (QED) is 0.684. The third-order valence-corrected chi connectivity index (χ3v) is 6.25. The van der Waals surface area contributed by atoms with Crippen molar-refractivity contribution < 1.29 is 13.5 Å². The van der Waals surface area contributed by atoms with Gasteiger partial charge in [-0.05, 0) is 48.2 Å². The molecule has 1 aromatic carbocycles. The molecule has 146 valence electrons. The van der Waals surface area contributed by atoms with Crippen LogP contribution in [0.15, 0.2) is 59.8 Å². The van der Waals surface area contributed by atoms with Crippen LogP contribution in [0.5, 0.6) is 0 Å². The summed E-state index contributed by atoms with van der Waals surface area (Å²) in [6, 6.07) is 9.27. The van der Waals surface area contributed by atoms with Crippen molar-refractivity contribution in [1.29, 1.82) is 0 Å². The summed E-state index contributed by atoms with van der Waals surface area (Å²) in [5, 5.41) is 10.3. The Labute approximate surface area is 166 Å². The lowest BCUT2D eigenvalue weighted by molar-refractivity contribution is 0.175. The lowest BCUT2D eigenvalue weighted by Gasteiger charge is -2.30. The minimum atomic E-state index is -3.78. The molecule has 0 bridgehead atoms. The molecule has 1 atom stereocenters. The minimum absolute atomic E-state index is 0.151. The summed E-state index contributed by atoms with van der Waals surface area (Å²) in [7, 11) is -3.78. The number of hydrogen-bond acceptors (Lipinski definition) is 4. The predicted octanol–water partition coefficient (Wildman–Crippen LogP) is 3.85. The molecule has 27 heavy (non-hydrogen) atoms. The van der Waals surface area contributed by atoms with Gasteiger partial charge in [0.25, 0.3) is 0 Å². The van der Waals surface area contributed by atoms with Gasteiger partial charge in [-0.15, -0.1) is 0 Å². The molecule has 0 radical (unpaired) electrons. The zero-order valence-electron chi connectivity index (χ0n) is 15.5. The Balaban J connectivity index is 2.33. The molecule has 0 fully saturated rings. The fraction of sp³-hybridized carbons (Fsp3) is 0.350. The number of pyridine rings is 1. The van der Waals surface area contributed by atoms with Gasteiger partial charge in [-0.3, -0.25) is 4.98 Å². The molecular formula is C20H25ClN2O3S. The largest absolute Gasteiger partial charge is 0.395 e. The maximum Gasteiger partial charge on any atom is 0.243 e. The lowest BCUT2D eigenvalue weighted by Crippen LogP contribution is -2.43. The van der Waals surface area contributed by atoms with Gasteiger partial charge in [-0.2, -0.15) is 4.31 Å². The van der Waals surface area contributed by atoms with Crippen molar-refractivity contribution in [2.24, 2.45) is 5.92 Å². The summed E-state index contributed by atoms with van der Waals surface area (Å²) < 4.78 is 27.7. The van der Waals surface area contributed by atoms with Crippen molar-refractivity contribution in [3.05, 3.63) is 65.5 Å². The van der Waals surface area contributed by atoms with Crippen LogP contribution >= 0.6 is 11.6 Å². The van der Waals surface area contributed by atoms with Gasteiger partial charge in [0.15, 0.2) is 0 Å². The van der Waals surface area contributed by atoms with Crippen LogP contribution in [0.2, 0.25) is 5.02 Å². The minimum Gasteiger partial charge on any atom is -0.395 e. The third-order valence-electron chi connectivity index (χ3n) is 4.06. The van der Waals surface area contributed by atoms with E-state index in [0.717, 1.165) is 5.56 Å².